The summed E-state index contributed by atoms with van der Waals surface area (Å²) in [5.74, 6) is -1.33. The van der Waals surface area contributed by atoms with Gasteiger partial charge in [-0.3, -0.25) is 14.4 Å². The van der Waals surface area contributed by atoms with Crippen molar-refractivity contribution in [2.75, 3.05) is 18.9 Å². The van der Waals surface area contributed by atoms with E-state index in [2.05, 4.69) is 26.6 Å². The molecule has 0 spiro atoms. The number of carbonyl (C=O) groups is 4. The van der Waals surface area contributed by atoms with Crippen LogP contribution in [0.1, 0.15) is 39.2 Å². The van der Waals surface area contributed by atoms with E-state index < -0.39 is 24.0 Å². The normalized spacial score (nSPS) is 12.5. The minimum atomic E-state index is -0.853. The van der Waals surface area contributed by atoms with E-state index in [1.807, 2.05) is 19.2 Å². The topological polar surface area (TPSA) is 154 Å². The molecule has 31 heavy (non-hydrogen) atoms. The highest BCUT2D eigenvalue weighted by Crippen LogP contribution is 2.12. The molecule has 0 aliphatic carbocycles. The highest BCUT2D eigenvalue weighted by Gasteiger charge is 2.28. The third-order valence-corrected chi connectivity index (χ3v) is 4.51. The van der Waals surface area contributed by atoms with Crippen LogP contribution in [0.15, 0.2) is 24.3 Å². The van der Waals surface area contributed by atoms with Crippen molar-refractivity contribution in [1.29, 1.82) is 0 Å². The Balaban J connectivity index is 2.87. The van der Waals surface area contributed by atoms with Gasteiger partial charge in [0, 0.05) is 25.7 Å². The van der Waals surface area contributed by atoms with E-state index in [1.54, 1.807) is 26.0 Å². The Hall–Kier alpha value is -3.14. The lowest BCUT2D eigenvalue weighted by Crippen LogP contribution is -2.54. The van der Waals surface area contributed by atoms with Crippen LogP contribution >= 0.6 is 0 Å². The average molecular weight is 435 g/mol. The monoisotopic (exact) mass is 434 g/mol. The van der Waals surface area contributed by atoms with Crippen molar-refractivity contribution in [1.82, 2.24) is 21.3 Å². The summed E-state index contributed by atoms with van der Waals surface area (Å²) in [7, 11) is 1.85. The lowest BCUT2D eigenvalue weighted by molar-refractivity contribution is -0.131. The third kappa shape index (κ3) is 9.94. The van der Waals surface area contributed by atoms with E-state index in [9.17, 15) is 19.2 Å². The van der Waals surface area contributed by atoms with Gasteiger partial charge < -0.3 is 32.3 Å². The molecule has 1 rings (SSSR count). The van der Waals surface area contributed by atoms with Crippen LogP contribution < -0.4 is 32.3 Å². The Morgan fingerprint density at radius 2 is 1.65 bits per heavy atom. The van der Waals surface area contributed by atoms with Gasteiger partial charge in [0.1, 0.15) is 12.1 Å². The molecule has 0 bridgehead atoms. The van der Waals surface area contributed by atoms with Crippen LogP contribution in [0.25, 0.3) is 0 Å². The Bertz CT molecular complexity index is 751. The van der Waals surface area contributed by atoms with Crippen molar-refractivity contribution in [2.45, 2.75) is 52.2 Å². The van der Waals surface area contributed by atoms with E-state index in [0.29, 0.717) is 18.7 Å². The first-order valence-corrected chi connectivity index (χ1v) is 10.3. The number of amides is 5. The zero-order valence-electron chi connectivity index (χ0n) is 18.6. The van der Waals surface area contributed by atoms with E-state index in [1.165, 1.54) is 6.92 Å². The Morgan fingerprint density at radius 1 is 1.00 bits per heavy atom. The molecular formula is C21H34N6O4. The molecule has 172 valence electrons. The molecule has 0 radical (unpaired) electrons. The lowest BCUT2D eigenvalue weighted by Gasteiger charge is -2.25. The van der Waals surface area contributed by atoms with E-state index in [-0.39, 0.29) is 30.7 Å². The maximum atomic E-state index is 12.9. The molecule has 0 aromatic heterocycles. The molecule has 0 fully saturated rings. The maximum absolute atomic E-state index is 12.9. The van der Waals surface area contributed by atoms with Crippen LogP contribution in [-0.2, 0) is 20.9 Å². The molecule has 1 aromatic carbocycles. The summed E-state index contributed by atoms with van der Waals surface area (Å²) in [6.07, 6.45) is 0.704. The standard InChI is InChI=1S/C21H34N6O4/c1-13(2)18(25-14(3)28)20(30)27-17(6-5-11-24-21(22)31)19(29)26-16-9-7-15(8-10-16)12-23-4/h7-10,13,17-18,23H,5-6,11-12H2,1-4H3,(H,25,28)(H,26,29)(H,27,30)(H3,22,24,31)/t17-,18?/m0/s1. The molecule has 5 amide bonds. The molecule has 10 heteroatoms. The fourth-order valence-electron chi connectivity index (χ4n) is 2.94. The SMILES string of the molecule is CNCc1ccc(NC(=O)[C@H](CCCNC(N)=O)NC(=O)C(NC(C)=O)C(C)C)cc1. The average Bonchev–Trinajstić information content (AvgIpc) is 2.69. The summed E-state index contributed by atoms with van der Waals surface area (Å²) < 4.78 is 0. The number of nitrogens with two attached hydrogens (primary N) is 1. The predicted molar refractivity (Wildman–Crippen MR) is 119 cm³/mol. The van der Waals surface area contributed by atoms with Gasteiger partial charge >= 0.3 is 6.03 Å². The first-order chi connectivity index (χ1) is 14.6. The van der Waals surface area contributed by atoms with Crippen molar-refractivity contribution in [3.05, 3.63) is 29.8 Å². The van der Waals surface area contributed by atoms with Gasteiger partial charge in [-0.05, 0) is 43.5 Å². The fraction of sp³-hybridized carbons (Fsp3) is 0.524. The molecule has 0 aliphatic heterocycles. The van der Waals surface area contributed by atoms with Gasteiger partial charge in [0.05, 0.1) is 0 Å². The van der Waals surface area contributed by atoms with Gasteiger partial charge in [-0.25, -0.2) is 4.79 Å². The summed E-state index contributed by atoms with van der Waals surface area (Å²) in [4.78, 5) is 47.9. The molecule has 10 nitrogen and oxygen atoms in total. The summed E-state index contributed by atoms with van der Waals surface area (Å²) >= 11 is 0. The van der Waals surface area contributed by atoms with Crippen LogP contribution in [0, 0.1) is 5.92 Å². The first kappa shape index (κ1) is 25.9. The second kappa shape index (κ2) is 13.2. The molecule has 2 atom stereocenters. The minimum absolute atomic E-state index is 0.163. The van der Waals surface area contributed by atoms with Crippen molar-refractivity contribution in [2.24, 2.45) is 11.7 Å². The van der Waals surface area contributed by atoms with Crippen LogP contribution in [0.4, 0.5) is 10.5 Å². The summed E-state index contributed by atoms with van der Waals surface area (Å²) in [5, 5.41) is 13.6. The molecule has 7 N–H and O–H groups in total. The largest absolute Gasteiger partial charge is 0.352 e. The second-order valence-corrected chi connectivity index (χ2v) is 7.63. The van der Waals surface area contributed by atoms with Gasteiger partial charge in [0.2, 0.25) is 17.7 Å². The minimum Gasteiger partial charge on any atom is -0.352 e. The first-order valence-electron chi connectivity index (χ1n) is 10.3. The number of urea groups is 1. The quantitative estimate of drug-likeness (QED) is 0.263. The number of hydrogen-bond donors (Lipinski definition) is 6. The van der Waals surface area contributed by atoms with Crippen LogP contribution in [0.5, 0.6) is 0 Å². The van der Waals surface area contributed by atoms with Crippen molar-refractivity contribution in [3.63, 3.8) is 0 Å². The zero-order chi connectivity index (χ0) is 23.4. The zero-order valence-corrected chi connectivity index (χ0v) is 18.6. The summed E-state index contributed by atoms with van der Waals surface area (Å²) in [5.41, 5.74) is 6.73. The number of rotatable bonds is 12. The Morgan fingerprint density at radius 3 is 2.16 bits per heavy atom. The molecule has 1 unspecified atom stereocenters. The molecular weight excluding hydrogens is 400 g/mol. The van der Waals surface area contributed by atoms with Crippen LogP contribution in [0.3, 0.4) is 0 Å². The van der Waals surface area contributed by atoms with Crippen LogP contribution in [-0.4, -0.2) is 49.4 Å². The Kier molecular flexibility index (Phi) is 11.0. The number of carbonyl (C=O) groups excluding carboxylic acids is 4. The van der Waals surface area contributed by atoms with E-state index in [4.69, 9.17) is 5.73 Å². The number of benzene rings is 1. The van der Waals surface area contributed by atoms with Gasteiger partial charge in [-0.1, -0.05) is 26.0 Å². The number of hydrogen-bond acceptors (Lipinski definition) is 5. The highest BCUT2D eigenvalue weighted by atomic mass is 16.2. The Labute approximate surface area is 183 Å². The fourth-order valence-corrected chi connectivity index (χ4v) is 2.94. The van der Waals surface area contributed by atoms with Crippen LogP contribution in [0.2, 0.25) is 0 Å². The predicted octanol–water partition coefficient (Wildman–Crippen LogP) is 0.439. The van der Waals surface area contributed by atoms with Crippen molar-refractivity contribution >= 4 is 29.4 Å². The molecule has 0 saturated heterocycles. The van der Waals surface area contributed by atoms with E-state index >= 15 is 0 Å². The van der Waals surface area contributed by atoms with Gasteiger partial charge in [-0.15, -0.1) is 0 Å². The molecule has 0 aliphatic rings. The molecule has 0 heterocycles. The molecule has 0 saturated carbocycles. The van der Waals surface area contributed by atoms with Gasteiger partial charge in [0.25, 0.3) is 0 Å². The van der Waals surface area contributed by atoms with Gasteiger partial charge in [-0.2, -0.15) is 0 Å². The third-order valence-electron chi connectivity index (χ3n) is 4.51. The summed E-state index contributed by atoms with van der Waals surface area (Å²) in [6, 6.07) is 5.08. The number of nitrogens with one attached hydrogen (secondary N) is 5. The number of anilines is 1. The van der Waals surface area contributed by atoms with Gasteiger partial charge in [0.15, 0.2) is 0 Å². The second-order valence-electron chi connectivity index (χ2n) is 7.63. The van der Waals surface area contributed by atoms with E-state index in [0.717, 1.165) is 5.56 Å². The van der Waals surface area contributed by atoms with Crippen molar-refractivity contribution in [3.8, 4) is 0 Å². The van der Waals surface area contributed by atoms with Crippen molar-refractivity contribution < 1.29 is 19.2 Å². The number of primary amides is 1. The lowest BCUT2D eigenvalue weighted by atomic mass is 10.0. The highest BCUT2D eigenvalue weighted by molar-refractivity contribution is 5.98. The smallest absolute Gasteiger partial charge is 0.312 e. The maximum Gasteiger partial charge on any atom is 0.312 e. The summed E-state index contributed by atoms with van der Waals surface area (Å²) in [6.45, 7) is 5.92. The molecule has 1 aromatic rings.